The second-order valence-electron chi connectivity index (χ2n) is 8.64. The number of anilines is 5. The van der Waals surface area contributed by atoms with E-state index in [9.17, 15) is 10.1 Å². The van der Waals surface area contributed by atoms with E-state index in [1.54, 1.807) is 12.1 Å². The van der Waals surface area contributed by atoms with E-state index in [1.807, 2.05) is 79.0 Å². The van der Waals surface area contributed by atoms with Crippen molar-refractivity contribution in [1.82, 2.24) is 5.43 Å². The van der Waals surface area contributed by atoms with Crippen LogP contribution in [0.4, 0.5) is 28.4 Å². The van der Waals surface area contributed by atoms with Crippen LogP contribution in [-0.2, 0) is 0 Å². The molecule has 0 atom stereocenters. The van der Waals surface area contributed by atoms with E-state index in [1.165, 1.54) is 0 Å². The Bertz CT molecular complexity index is 1500. The first-order valence-corrected chi connectivity index (χ1v) is 12.5. The number of hydrazine groups is 1. The van der Waals surface area contributed by atoms with E-state index in [0.29, 0.717) is 39.8 Å². The molecule has 1 aliphatic heterocycles. The minimum atomic E-state index is -0.230. The molecule has 0 saturated heterocycles. The lowest BCUT2D eigenvalue weighted by atomic mass is 10.00. The second kappa shape index (κ2) is 10.8. The first kappa shape index (κ1) is 24.5. The highest BCUT2D eigenvalue weighted by molar-refractivity contribution is 6.07. The van der Waals surface area contributed by atoms with Crippen molar-refractivity contribution < 1.29 is 9.53 Å². The van der Waals surface area contributed by atoms with E-state index < -0.39 is 0 Å². The van der Waals surface area contributed by atoms with Crippen molar-refractivity contribution in [3.05, 3.63) is 90.5 Å². The van der Waals surface area contributed by atoms with Crippen LogP contribution in [0, 0.1) is 11.5 Å². The van der Waals surface area contributed by atoms with Gasteiger partial charge in [-0.05, 0) is 55.8 Å². The van der Waals surface area contributed by atoms with Gasteiger partial charge in [0.2, 0.25) is 0 Å². The average Bonchev–Trinajstić information content (AvgIpc) is 2.97. The summed E-state index contributed by atoms with van der Waals surface area (Å²) in [5.41, 5.74) is 11.6. The summed E-state index contributed by atoms with van der Waals surface area (Å²) in [6.45, 7) is 5.75. The molecule has 8 heteroatoms. The minimum absolute atomic E-state index is 0.230. The third kappa shape index (κ3) is 4.65. The van der Waals surface area contributed by atoms with Gasteiger partial charge in [0.15, 0.2) is 17.7 Å². The van der Waals surface area contributed by atoms with Gasteiger partial charge in [-0.2, -0.15) is 5.26 Å². The number of carbonyl (C=O) groups is 1. The van der Waals surface area contributed by atoms with E-state index in [2.05, 4.69) is 40.2 Å². The van der Waals surface area contributed by atoms with Gasteiger partial charge >= 0.3 is 0 Å². The Labute approximate surface area is 221 Å². The van der Waals surface area contributed by atoms with E-state index in [-0.39, 0.29) is 5.91 Å². The molecule has 0 fully saturated rings. The standard InChI is InChI=1S/C30H28N6O2/c1-3-36(4-2)24-17-18-25-28(27(24)35-32-19-31)34-26-22(20-11-7-5-8-12-20)15-16-23(29(26)38-25)33-30(37)21-13-9-6-10-14-21/h5-18,32,34-35H,3-4H2,1-2H3,(H,33,37). The number of ether oxygens (including phenoxy) is 1. The third-order valence-electron chi connectivity index (χ3n) is 6.48. The zero-order valence-electron chi connectivity index (χ0n) is 21.2. The highest BCUT2D eigenvalue weighted by Gasteiger charge is 2.28. The van der Waals surface area contributed by atoms with Crippen molar-refractivity contribution in [3.63, 3.8) is 0 Å². The molecule has 4 aromatic carbocycles. The van der Waals surface area contributed by atoms with Crippen LogP contribution in [0.15, 0.2) is 84.9 Å². The number of amides is 1. The Morgan fingerprint density at radius 3 is 2.32 bits per heavy atom. The zero-order chi connectivity index (χ0) is 26.5. The van der Waals surface area contributed by atoms with Crippen molar-refractivity contribution in [2.24, 2.45) is 0 Å². The maximum absolute atomic E-state index is 13.0. The molecule has 5 rings (SSSR count). The van der Waals surface area contributed by atoms with Crippen LogP contribution >= 0.6 is 0 Å². The number of fused-ring (bicyclic) bond motifs is 2. The third-order valence-corrected chi connectivity index (χ3v) is 6.48. The molecule has 1 aliphatic rings. The molecule has 0 unspecified atom stereocenters. The molecule has 0 radical (unpaired) electrons. The van der Waals surface area contributed by atoms with Crippen molar-refractivity contribution in [1.29, 1.82) is 5.26 Å². The quantitative estimate of drug-likeness (QED) is 0.106. The van der Waals surface area contributed by atoms with Gasteiger partial charge in [0, 0.05) is 24.2 Å². The zero-order valence-corrected chi connectivity index (χ0v) is 21.2. The van der Waals surface area contributed by atoms with Crippen LogP contribution in [0.25, 0.3) is 11.1 Å². The van der Waals surface area contributed by atoms with Gasteiger partial charge in [-0.3, -0.25) is 10.2 Å². The maximum atomic E-state index is 13.0. The van der Waals surface area contributed by atoms with Crippen LogP contribution in [0.2, 0.25) is 0 Å². The van der Waals surface area contributed by atoms with Gasteiger partial charge < -0.3 is 20.3 Å². The number of nitrogens with zero attached hydrogens (tertiary/aromatic N) is 2. The van der Waals surface area contributed by atoms with Crippen LogP contribution in [0.3, 0.4) is 0 Å². The number of benzene rings is 4. The highest BCUT2D eigenvalue weighted by Crippen LogP contribution is 2.54. The fourth-order valence-corrected chi connectivity index (χ4v) is 4.61. The molecule has 8 nitrogen and oxygen atoms in total. The fourth-order valence-electron chi connectivity index (χ4n) is 4.61. The molecule has 190 valence electrons. The number of carbonyl (C=O) groups excluding carboxylic acids is 1. The van der Waals surface area contributed by atoms with Crippen LogP contribution < -0.4 is 31.1 Å². The topological polar surface area (TPSA) is 101 Å². The van der Waals surface area contributed by atoms with Crippen molar-refractivity contribution in [3.8, 4) is 28.8 Å². The summed E-state index contributed by atoms with van der Waals surface area (Å²) in [5, 5.41) is 15.8. The number of nitriles is 1. The largest absolute Gasteiger partial charge is 0.451 e. The molecule has 0 spiro atoms. The fraction of sp³-hybridized carbons (Fsp3) is 0.133. The smallest absolute Gasteiger partial charge is 0.255 e. The van der Waals surface area contributed by atoms with Crippen LogP contribution in [-0.4, -0.2) is 19.0 Å². The molecule has 0 bridgehead atoms. The monoisotopic (exact) mass is 504 g/mol. The average molecular weight is 505 g/mol. The second-order valence-corrected chi connectivity index (χ2v) is 8.64. The summed E-state index contributed by atoms with van der Waals surface area (Å²) in [6.07, 6.45) is 1.93. The molecule has 1 amide bonds. The Morgan fingerprint density at radius 1 is 0.921 bits per heavy atom. The van der Waals surface area contributed by atoms with Crippen molar-refractivity contribution in [2.75, 3.05) is 34.0 Å². The first-order chi connectivity index (χ1) is 18.6. The Hall–Kier alpha value is -5.16. The predicted octanol–water partition coefficient (Wildman–Crippen LogP) is 6.70. The van der Waals surface area contributed by atoms with Gasteiger partial charge in [0.1, 0.15) is 11.4 Å². The summed E-state index contributed by atoms with van der Waals surface area (Å²) in [6, 6.07) is 26.7. The molecular weight excluding hydrogens is 476 g/mol. The molecule has 4 N–H and O–H groups in total. The number of rotatable bonds is 8. The van der Waals surface area contributed by atoms with Crippen LogP contribution in [0.5, 0.6) is 11.5 Å². The predicted molar refractivity (Wildman–Crippen MR) is 152 cm³/mol. The molecule has 0 aromatic heterocycles. The van der Waals surface area contributed by atoms with E-state index >= 15 is 0 Å². The Balaban J connectivity index is 1.63. The minimum Gasteiger partial charge on any atom is -0.451 e. The van der Waals surface area contributed by atoms with Crippen molar-refractivity contribution in [2.45, 2.75) is 13.8 Å². The molecule has 38 heavy (non-hydrogen) atoms. The van der Waals surface area contributed by atoms with E-state index in [4.69, 9.17) is 4.74 Å². The number of hydrogen-bond acceptors (Lipinski definition) is 7. The lowest BCUT2D eigenvalue weighted by Crippen LogP contribution is -2.26. The summed E-state index contributed by atoms with van der Waals surface area (Å²) >= 11 is 0. The van der Waals surface area contributed by atoms with Gasteiger partial charge in [0.05, 0.1) is 17.1 Å². The molecule has 1 heterocycles. The Morgan fingerprint density at radius 2 is 1.63 bits per heavy atom. The summed E-state index contributed by atoms with van der Waals surface area (Å²) in [5.74, 6) is 0.848. The highest BCUT2D eigenvalue weighted by atomic mass is 16.5. The van der Waals surface area contributed by atoms with Gasteiger partial charge in [-0.1, -0.05) is 48.5 Å². The summed E-state index contributed by atoms with van der Waals surface area (Å²) < 4.78 is 6.48. The van der Waals surface area contributed by atoms with Gasteiger partial charge in [-0.25, -0.2) is 5.43 Å². The first-order valence-electron chi connectivity index (χ1n) is 12.5. The normalized spacial score (nSPS) is 11.1. The summed E-state index contributed by atoms with van der Waals surface area (Å²) in [4.78, 5) is 15.2. The lowest BCUT2D eigenvalue weighted by Gasteiger charge is -2.31. The number of hydrogen-bond donors (Lipinski definition) is 4. The Kier molecular flexibility index (Phi) is 7.00. The van der Waals surface area contributed by atoms with Crippen molar-refractivity contribution >= 4 is 34.3 Å². The number of nitrogens with one attached hydrogen (secondary N) is 4. The molecule has 4 aromatic rings. The maximum Gasteiger partial charge on any atom is 0.255 e. The van der Waals surface area contributed by atoms with Crippen LogP contribution in [0.1, 0.15) is 24.2 Å². The van der Waals surface area contributed by atoms with Gasteiger partial charge in [-0.15, -0.1) is 0 Å². The van der Waals surface area contributed by atoms with Gasteiger partial charge in [0.25, 0.3) is 5.91 Å². The molecule has 0 aliphatic carbocycles. The molecule has 0 saturated carbocycles. The molecular formula is C30H28N6O2. The van der Waals surface area contributed by atoms with E-state index in [0.717, 1.165) is 29.9 Å². The SMILES string of the molecule is CCN(CC)c1ccc2c(c1NNC#N)Nc1c(-c3ccccc3)ccc(NC(=O)c3ccccc3)c1O2. The summed E-state index contributed by atoms with van der Waals surface area (Å²) in [7, 11) is 0. The lowest BCUT2D eigenvalue weighted by molar-refractivity contribution is 0.102.